The highest BCUT2D eigenvalue weighted by Gasteiger charge is 2.10. The normalized spacial score (nSPS) is 10.4. The van der Waals surface area contributed by atoms with E-state index in [1.54, 1.807) is 0 Å². The summed E-state index contributed by atoms with van der Waals surface area (Å²) in [6.45, 7) is 0. The SMILES string of the molecule is O=C(O)CC=Cc1cc(C(=O)O)cc(C(=O)O)c1. The van der Waals surface area contributed by atoms with E-state index in [1.165, 1.54) is 24.3 Å². The Morgan fingerprint density at radius 2 is 1.44 bits per heavy atom. The average Bonchev–Trinajstić information content (AvgIpc) is 2.28. The van der Waals surface area contributed by atoms with Crippen molar-refractivity contribution in [3.8, 4) is 0 Å². The third-order valence-electron chi connectivity index (χ3n) is 2.05. The summed E-state index contributed by atoms with van der Waals surface area (Å²) in [5, 5.41) is 26.1. The number of carboxylic acid groups (broad SMARTS) is 3. The van der Waals surface area contributed by atoms with Gasteiger partial charge in [0.25, 0.3) is 0 Å². The molecule has 0 aromatic heterocycles. The Morgan fingerprint density at radius 1 is 0.944 bits per heavy atom. The van der Waals surface area contributed by atoms with Crippen LogP contribution in [-0.2, 0) is 4.79 Å². The molecule has 0 fully saturated rings. The standard InChI is InChI=1S/C12H10O6/c13-10(14)3-1-2-7-4-8(11(15)16)6-9(5-7)12(17)18/h1-2,4-6H,3H2,(H,13,14)(H,15,16)(H,17,18). The number of aliphatic carboxylic acids is 1. The van der Waals surface area contributed by atoms with E-state index in [1.807, 2.05) is 0 Å². The molecule has 94 valence electrons. The second-order valence-corrected chi connectivity index (χ2v) is 3.45. The Labute approximate surface area is 102 Å². The van der Waals surface area contributed by atoms with Gasteiger partial charge in [-0.15, -0.1) is 0 Å². The zero-order chi connectivity index (χ0) is 13.7. The molecule has 18 heavy (non-hydrogen) atoms. The van der Waals surface area contributed by atoms with Crippen molar-refractivity contribution in [2.45, 2.75) is 6.42 Å². The summed E-state index contributed by atoms with van der Waals surface area (Å²) in [4.78, 5) is 31.9. The summed E-state index contributed by atoms with van der Waals surface area (Å²) in [6, 6.07) is 3.58. The van der Waals surface area contributed by atoms with Crippen molar-refractivity contribution in [2.75, 3.05) is 0 Å². The minimum Gasteiger partial charge on any atom is -0.481 e. The van der Waals surface area contributed by atoms with Gasteiger partial charge in [0.2, 0.25) is 0 Å². The molecule has 1 rings (SSSR count). The molecule has 0 spiro atoms. The number of carboxylic acids is 3. The van der Waals surface area contributed by atoms with Crippen molar-refractivity contribution >= 4 is 24.0 Å². The fraction of sp³-hybridized carbons (Fsp3) is 0.0833. The average molecular weight is 250 g/mol. The fourth-order valence-electron chi connectivity index (χ4n) is 1.29. The predicted octanol–water partition coefficient (Wildman–Crippen LogP) is 1.57. The molecule has 0 amide bonds. The number of hydrogen-bond acceptors (Lipinski definition) is 3. The highest BCUT2D eigenvalue weighted by molar-refractivity contribution is 5.94. The molecule has 6 nitrogen and oxygen atoms in total. The van der Waals surface area contributed by atoms with Crippen LogP contribution in [0.5, 0.6) is 0 Å². The van der Waals surface area contributed by atoms with Crippen LogP contribution in [0.1, 0.15) is 32.7 Å². The Kier molecular flexibility index (Phi) is 4.20. The van der Waals surface area contributed by atoms with Crippen LogP contribution in [0, 0.1) is 0 Å². The summed E-state index contributed by atoms with van der Waals surface area (Å²) in [7, 11) is 0. The number of hydrogen-bond donors (Lipinski definition) is 3. The maximum atomic E-state index is 10.8. The maximum absolute atomic E-state index is 10.8. The molecule has 0 saturated carbocycles. The molecule has 0 aliphatic carbocycles. The predicted molar refractivity (Wildman–Crippen MR) is 61.6 cm³/mol. The first-order chi connectivity index (χ1) is 8.40. The first-order valence-electron chi connectivity index (χ1n) is 4.90. The first-order valence-corrected chi connectivity index (χ1v) is 4.90. The summed E-state index contributed by atoms with van der Waals surface area (Å²) in [6.07, 6.45) is 2.46. The van der Waals surface area contributed by atoms with Gasteiger partial charge >= 0.3 is 17.9 Å². The van der Waals surface area contributed by atoms with E-state index in [-0.39, 0.29) is 17.5 Å². The van der Waals surface area contributed by atoms with Gasteiger partial charge in [0, 0.05) is 0 Å². The van der Waals surface area contributed by atoms with Gasteiger partial charge in [-0.05, 0) is 23.8 Å². The van der Waals surface area contributed by atoms with Crippen LogP contribution in [0.2, 0.25) is 0 Å². The van der Waals surface area contributed by atoms with Crippen molar-refractivity contribution in [3.63, 3.8) is 0 Å². The van der Waals surface area contributed by atoms with Gasteiger partial charge in [0.1, 0.15) is 0 Å². The van der Waals surface area contributed by atoms with Gasteiger partial charge in [-0.2, -0.15) is 0 Å². The van der Waals surface area contributed by atoms with Crippen molar-refractivity contribution in [1.29, 1.82) is 0 Å². The van der Waals surface area contributed by atoms with E-state index in [0.29, 0.717) is 5.56 Å². The smallest absolute Gasteiger partial charge is 0.335 e. The van der Waals surface area contributed by atoms with Crippen LogP contribution < -0.4 is 0 Å². The lowest BCUT2D eigenvalue weighted by molar-refractivity contribution is -0.135. The highest BCUT2D eigenvalue weighted by atomic mass is 16.4. The van der Waals surface area contributed by atoms with E-state index in [4.69, 9.17) is 15.3 Å². The van der Waals surface area contributed by atoms with E-state index in [0.717, 1.165) is 6.07 Å². The molecule has 0 atom stereocenters. The molecule has 0 aliphatic rings. The number of aromatic carboxylic acids is 2. The lowest BCUT2D eigenvalue weighted by Gasteiger charge is -2.01. The monoisotopic (exact) mass is 250 g/mol. The van der Waals surface area contributed by atoms with Crippen molar-refractivity contribution in [3.05, 3.63) is 41.0 Å². The first kappa shape index (κ1) is 13.4. The van der Waals surface area contributed by atoms with E-state index >= 15 is 0 Å². The largest absolute Gasteiger partial charge is 0.481 e. The van der Waals surface area contributed by atoms with Gasteiger partial charge < -0.3 is 15.3 Å². The minimum absolute atomic E-state index is 0.162. The Hall–Kier alpha value is -2.63. The zero-order valence-corrected chi connectivity index (χ0v) is 9.16. The van der Waals surface area contributed by atoms with Crippen LogP contribution in [-0.4, -0.2) is 33.2 Å². The molecule has 6 heteroatoms. The lowest BCUT2D eigenvalue weighted by atomic mass is 10.0. The Bertz CT molecular complexity index is 497. The molecule has 0 radical (unpaired) electrons. The van der Waals surface area contributed by atoms with Crippen LogP contribution in [0.25, 0.3) is 6.08 Å². The molecule has 1 aromatic rings. The van der Waals surface area contributed by atoms with Gasteiger partial charge in [-0.25, -0.2) is 9.59 Å². The fourth-order valence-corrected chi connectivity index (χ4v) is 1.29. The quantitative estimate of drug-likeness (QED) is 0.731. The summed E-state index contributed by atoms with van der Waals surface area (Å²) in [5.41, 5.74) is 0.00306. The number of carbonyl (C=O) groups is 3. The Morgan fingerprint density at radius 3 is 1.83 bits per heavy atom. The molecule has 0 aliphatic heterocycles. The van der Waals surface area contributed by atoms with Crippen LogP contribution in [0.4, 0.5) is 0 Å². The second-order valence-electron chi connectivity index (χ2n) is 3.45. The van der Waals surface area contributed by atoms with Crippen molar-refractivity contribution in [2.24, 2.45) is 0 Å². The third-order valence-corrected chi connectivity index (χ3v) is 2.05. The molecule has 1 aromatic carbocycles. The molecular weight excluding hydrogens is 240 g/mol. The topological polar surface area (TPSA) is 112 Å². The van der Waals surface area contributed by atoms with Crippen molar-refractivity contribution < 1.29 is 29.7 Å². The summed E-state index contributed by atoms with van der Waals surface area (Å²) < 4.78 is 0. The summed E-state index contributed by atoms with van der Waals surface area (Å²) in [5.74, 6) is -3.52. The molecule has 0 unspecified atom stereocenters. The molecule has 0 saturated heterocycles. The van der Waals surface area contributed by atoms with E-state index in [2.05, 4.69) is 0 Å². The lowest BCUT2D eigenvalue weighted by Crippen LogP contribution is -2.03. The molecule has 0 bridgehead atoms. The van der Waals surface area contributed by atoms with Gasteiger partial charge in [-0.1, -0.05) is 12.2 Å². The van der Waals surface area contributed by atoms with Crippen molar-refractivity contribution in [1.82, 2.24) is 0 Å². The van der Waals surface area contributed by atoms with Gasteiger partial charge in [0.05, 0.1) is 17.5 Å². The Balaban J connectivity index is 3.11. The zero-order valence-electron chi connectivity index (χ0n) is 9.16. The summed E-state index contributed by atoms with van der Waals surface area (Å²) >= 11 is 0. The molecular formula is C12H10O6. The molecule has 0 heterocycles. The maximum Gasteiger partial charge on any atom is 0.335 e. The van der Waals surface area contributed by atoms with E-state index < -0.39 is 17.9 Å². The van der Waals surface area contributed by atoms with Crippen LogP contribution in [0.15, 0.2) is 24.3 Å². The van der Waals surface area contributed by atoms with Crippen LogP contribution in [0.3, 0.4) is 0 Å². The van der Waals surface area contributed by atoms with Gasteiger partial charge in [0.15, 0.2) is 0 Å². The second kappa shape index (κ2) is 5.62. The number of benzene rings is 1. The molecule has 3 N–H and O–H groups in total. The minimum atomic E-state index is -1.24. The van der Waals surface area contributed by atoms with Gasteiger partial charge in [-0.3, -0.25) is 4.79 Å². The highest BCUT2D eigenvalue weighted by Crippen LogP contribution is 2.13. The number of rotatable bonds is 5. The third kappa shape index (κ3) is 3.75. The van der Waals surface area contributed by atoms with Crippen LogP contribution >= 0.6 is 0 Å². The van der Waals surface area contributed by atoms with E-state index in [9.17, 15) is 14.4 Å².